The quantitative estimate of drug-likeness (QED) is 0.346. The van der Waals surface area contributed by atoms with E-state index >= 15 is 0 Å². The van der Waals surface area contributed by atoms with E-state index in [1.807, 2.05) is 0 Å². The molecule has 0 aromatic heterocycles. The molecular weight excluding hydrogens is 390 g/mol. The summed E-state index contributed by atoms with van der Waals surface area (Å²) in [5.74, 6) is 1.67. The molecule has 0 bridgehead atoms. The highest BCUT2D eigenvalue weighted by atomic mass is 15.3. The third-order valence-corrected chi connectivity index (χ3v) is 6.07. The molecule has 1 aliphatic rings. The molecule has 0 amide bonds. The summed E-state index contributed by atoms with van der Waals surface area (Å²) < 4.78 is 0. The Morgan fingerprint density at radius 2 is 1.50 bits per heavy atom. The second-order valence-electron chi connectivity index (χ2n) is 8.74. The Hall–Kier alpha value is -3.33. The fraction of sp³-hybridized carbons (Fsp3) is 0.276. The van der Waals surface area contributed by atoms with Gasteiger partial charge in [-0.3, -0.25) is 0 Å². The van der Waals surface area contributed by atoms with Crippen LogP contribution in [0.3, 0.4) is 0 Å². The molecule has 1 heterocycles. The van der Waals surface area contributed by atoms with E-state index in [0.717, 1.165) is 42.8 Å². The lowest BCUT2D eigenvalue weighted by atomic mass is 9.93. The number of aryl methyl sites for hydroxylation is 2. The van der Waals surface area contributed by atoms with Crippen molar-refractivity contribution in [1.82, 2.24) is 4.90 Å². The van der Waals surface area contributed by atoms with Gasteiger partial charge in [0, 0.05) is 18.8 Å². The van der Waals surface area contributed by atoms with Gasteiger partial charge < -0.3 is 10.2 Å². The molecule has 0 aliphatic carbocycles. The lowest BCUT2D eigenvalue weighted by molar-refractivity contribution is 0.267. The predicted octanol–water partition coefficient (Wildman–Crippen LogP) is 7.22. The SMILES string of the molecule is Cc1ccc(N=C(Nc2ccc(C)cc2)N2CCC(C/C=C/c3ccccc3)CC2)cc1. The molecule has 3 aromatic rings. The van der Waals surface area contributed by atoms with Gasteiger partial charge in [-0.1, -0.05) is 77.9 Å². The molecule has 164 valence electrons. The maximum atomic E-state index is 4.99. The maximum Gasteiger partial charge on any atom is 0.203 e. The topological polar surface area (TPSA) is 27.6 Å². The van der Waals surface area contributed by atoms with Gasteiger partial charge in [-0.25, -0.2) is 4.99 Å². The van der Waals surface area contributed by atoms with E-state index in [2.05, 4.69) is 115 Å². The predicted molar refractivity (Wildman–Crippen MR) is 137 cm³/mol. The normalized spacial score (nSPS) is 15.3. The average molecular weight is 424 g/mol. The molecule has 1 saturated heterocycles. The number of hydrogen-bond donors (Lipinski definition) is 1. The van der Waals surface area contributed by atoms with Crippen LogP contribution in [-0.4, -0.2) is 23.9 Å². The number of nitrogens with one attached hydrogen (secondary N) is 1. The van der Waals surface area contributed by atoms with Crippen molar-refractivity contribution in [1.29, 1.82) is 0 Å². The summed E-state index contributed by atoms with van der Waals surface area (Å²) in [6, 6.07) is 27.5. The molecule has 0 spiro atoms. The Morgan fingerprint density at radius 1 is 0.875 bits per heavy atom. The van der Waals surface area contributed by atoms with Crippen LogP contribution < -0.4 is 5.32 Å². The van der Waals surface area contributed by atoms with E-state index in [-0.39, 0.29) is 0 Å². The van der Waals surface area contributed by atoms with Gasteiger partial charge in [-0.15, -0.1) is 0 Å². The molecule has 1 aliphatic heterocycles. The van der Waals surface area contributed by atoms with E-state index in [1.165, 1.54) is 29.5 Å². The first-order valence-corrected chi connectivity index (χ1v) is 11.6. The van der Waals surface area contributed by atoms with Gasteiger partial charge in [-0.2, -0.15) is 0 Å². The number of aliphatic imine (C=N–C) groups is 1. The van der Waals surface area contributed by atoms with E-state index < -0.39 is 0 Å². The lowest BCUT2D eigenvalue weighted by Crippen LogP contribution is -2.42. The molecule has 1 N–H and O–H groups in total. The van der Waals surface area contributed by atoms with Crippen molar-refractivity contribution in [3.63, 3.8) is 0 Å². The van der Waals surface area contributed by atoms with Gasteiger partial charge in [0.1, 0.15) is 0 Å². The fourth-order valence-corrected chi connectivity index (χ4v) is 4.03. The number of allylic oxidation sites excluding steroid dienone is 1. The summed E-state index contributed by atoms with van der Waals surface area (Å²) in [5, 5.41) is 3.58. The standard InChI is InChI=1S/C29H33N3/c1-23-11-15-27(16-12-23)30-29(31-28-17-13-24(2)14-18-28)32-21-19-26(20-22-32)10-6-9-25-7-4-3-5-8-25/h3-9,11-18,26H,10,19-22H2,1-2H3,(H,30,31)/b9-6+. The fourth-order valence-electron chi connectivity index (χ4n) is 4.03. The zero-order valence-electron chi connectivity index (χ0n) is 19.2. The Morgan fingerprint density at radius 3 is 2.16 bits per heavy atom. The molecule has 3 heteroatoms. The molecule has 4 rings (SSSR count). The molecule has 32 heavy (non-hydrogen) atoms. The lowest BCUT2D eigenvalue weighted by Gasteiger charge is -2.34. The monoisotopic (exact) mass is 423 g/mol. The first-order chi connectivity index (χ1) is 15.7. The number of hydrogen-bond acceptors (Lipinski definition) is 1. The molecule has 0 unspecified atom stereocenters. The van der Waals surface area contributed by atoms with Crippen molar-refractivity contribution < 1.29 is 0 Å². The summed E-state index contributed by atoms with van der Waals surface area (Å²) in [6.45, 7) is 6.26. The molecule has 1 fully saturated rings. The molecule has 0 atom stereocenters. The van der Waals surface area contributed by atoms with Crippen molar-refractivity contribution in [2.75, 3.05) is 18.4 Å². The number of benzene rings is 3. The summed E-state index contributed by atoms with van der Waals surface area (Å²) >= 11 is 0. The third kappa shape index (κ3) is 6.34. The molecule has 0 saturated carbocycles. The number of piperidine rings is 1. The highest BCUT2D eigenvalue weighted by Gasteiger charge is 2.21. The zero-order valence-corrected chi connectivity index (χ0v) is 19.2. The van der Waals surface area contributed by atoms with E-state index in [0.29, 0.717) is 0 Å². The number of guanidine groups is 1. The minimum atomic E-state index is 0.728. The Kier molecular flexibility index (Phi) is 7.39. The second kappa shape index (κ2) is 10.8. The van der Waals surface area contributed by atoms with Gasteiger partial charge in [0.25, 0.3) is 0 Å². The van der Waals surface area contributed by atoms with Crippen LogP contribution in [0.25, 0.3) is 6.08 Å². The molecule has 3 nitrogen and oxygen atoms in total. The van der Waals surface area contributed by atoms with Crippen LogP contribution in [0.5, 0.6) is 0 Å². The molecule has 3 aromatic carbocycles. The minimum Gasteiger partial charge on any atom is -0.342 e. The molecule has 0 radical (unpaired) electrons. The van der Waals surface area contributed by atoms with Crippen molar-refractivity contribution in [2.24, 2.45) is 10.9 Å². The van der Waals surface area contributed by atoms with Crippen molar-refractivity contribution in [3.05, 3.63) is 102 Å². The number of nitrogens with zero attached hydrogens (tertiary/aromatic N) is 2. The van der Waals surface area contributed by atoms with Gasteiger partial charge in [0.15, 0.2) is 0 Å². The average Bonchev–Trinajstić information content (AvgIpc) is 2.83. The highest BCUT2D eigenvalue weighted by molar-refractivity contribution is 5.95. The van der Waals surface area contributed by atoms with Gasteiger partial charge >= 0.3 is 0 Å². The van der Waals surface area contributed by atoms with Crippen LogP contribution >= 0.6 is 0 Å². The number of likely N-dealkylation sites (tertiary alicyclic amines) is 1. The summed E-state index contributed by atoms with van der Waals surface area (Å²) in [5.41, 5.74) is 5.85. The third-order valence-electron chi connectivity index (χ3n) is 6.07. The zero-order chi connectivity index (χ0) is 22.2. The van der Waals surface area contributed by atoms with Crippen LogP contribution in [0.1, 0.15) is 36.0 Å². The second-order valence-corrected chi connectivity index (χ2v) is 8.74. The first-order valence-electron chi connectivity index (χ1n) is 11.6. The van der Waals surface area contributed by atoms with Gasteiger partial charge in [-0.05, 0) is 68.9 Å². The smallest absolute Gasteiger partial charge is 0.203 e. The van der Waals surface area contributed by atoms with Crippen molar-refractivity contribution in [2.45, 2.75) is 33.1 Å². The first kappa shape index (κ1) is 21.9. The van der Waals surface area contributed by atoms with Crippen LogP contribution in [0.2, 0.25) is 0 Å². The Bertz CT molecular complexity index is 1030. The van der Waals surface area contributed by atoms with Crippen LogP contribution in [0, 0.1) is 19.8 Å². The van der Waals surface area contributed by atoms with E-state index in [1.54, 1.807) is 0 Å². The minimum absolute atomic E-state index is 0.728. The van der Waals surface area contributed by atoms with E-state index in [9.17, 15) is 0 Å². The summed E-state index contributed by atoms with van der Waals surface area (Å²) in [4.78, 5) is 7.39. The van der Waals surface area contributed by atoms with Gasteiger partial charge in [0.2, 0.25) is 5.96 Å². The van der Waals surface area contributed by atoms with Gasteiger partial charge in [0.05, 0.1) is 5.69 Å². The summed E-state index contributed by atoms with van der Waals surface area (Å²) in [6.07, 6.45) is 8.08. The van der Waals surface area contributed by atoms with Crippen molar-refractivity contribution >= 4 is 23.4 Å². The largest absolute Gasteiger partial charge is 0.342 e. The van der Waals surface area contributed by atoms with Crippen LogP contribution in [-0.2, 0) is 0 Å². The number of anilines is 1. The van der Waals surface area contributed by atoms with Crippen LogP contribution in [0.15, 0.2) is 89.9 Å². The van der Waals surface area contributed by atoms with Crippen molar-refractivity contribution in [3.8, 4) is 0 Å². The summed E-state index contributed by atoms with van der Waals surface area (Å²) in [7, 11) is 0. The Labute approximate surface area is 192 Å². The number of rotatable bonds is 5. The Balaban J connectivity index is 1.41. The highest BCUT2D eigenvalue weighted by Crippen LogP contribution is 2.24. The van der Waals surface area contributed by atoms with E-state index in [4.69, 9.17) is 4.99 Å². The van der Waals surface area contributed by atoms with Crippen LogP contribution in [0.4, 0.5) is 11.4 Å². The maximum absolute atomic E-state index is 4.99. The molecular formula is C29H33N3.